The van der Waals surface area contributed by atoms with Crippen molar-refractivity contribution >= 4 is 15.2 Å². The van der Waals surface area contributed by atoms with E-state index in [0.29, 0.717) is 16.8 Å². The van der Waals surface area contributed by atoms with Gasteiger partial charge >= 0.3 is 15.2 Å². The summed E-state index contributed by atoms with van der Waals surface area (Å²) >= 11 is 0. The van der Waals surface area contributed by atoms with Crippen LogP contribution in [0.5, 0.6) is 5.75 Å². The first kappa shape index (κ1) is 28.3. The van der Waals surface area contributed by atoms with Crippen LogP contribution in [0.15, 0.2) is 60.8 Å². The Kier molecular flexibility index (Phi) is 10.1. The van der Waals surface area contributed by atoms with Gasteiger partial charge in [0.1, 0.15) is 5.75 Å². The summed E-state index contributed by atoms with van der Waals surface area (Å²) in [5.41, 5.74) is 2.40. The normalized spacial score (nSPS) is 12.4. The lowest BCUT2D eigenvalue weighted by molar-refractivity contribution is 0.195. The molecule has 0 aliphatic rings. The summed E-state index contributed by atoms with van der Waals surface area (Å²) in [6, 6.07) is 16.3. The minimum atomic E-state index is -3.97. The van der Waals surface area contributed by atoms with Crippen molar-refractivity contribution in [2.75, 3.05) is 26.4 Å². The van der Waals surface area contributed by atoms with Crippen molar-refractivity contribution in [2.45, 2.75) is 39.5 Å². The van der Waals surface area contributed by atoms with E-state index in [2.05, 4.69) is 5.10 Å². The molecular weight excluding hydrogens is 502 g/mol. The third-order valence-electron chi connectivity index (χ3n) is 5.37. The Morgan fingerprint density at radius 3 is 1.81 bits per heavy atom. The Morgan fingerprint density at radius 2 is 1.31 bits per heavy atom. The van der Waals surface area contributed by atoms with Crippen LogP contribution in [0.3, 0.4) is 0 Å². The maximum Gasteiger partial charge on any atom is 0.346 e. The third-order valence-corrected chi connectivity index (χ3v) is 11.4. The first-order valence-corrected chi connectivity index (χ1v) is 15.2. The molecule has 9 nitrogen and oxygen atoms in total. The number of hydrogen-bond acceptors (Lipinski definition) is 8. The van der Waals surface area contributed by atoms with Crippen LogP contribution in [0.4, 0.5) is 0 Å². The molecule has 0 saturated carbocycles. The number of benzene rings is 2. The fraction of sp³-hybridized carbons (Fsp3) is 0.400. The molecule has 2 aromatic carbocycles. The van der Waals surface area contributed by atoms with Crippen LogP contribution in [-0.2, 0) is 33.6 Å². The summed E-state index contributed by atoms with van der Waals surface area (Å²) in [6.07, 6.45) is 1.55. The zero-order valence-corrected chi connectivity index (χ0v) is 22.9. The van der Waals surface area contributed by atoms with Crippen molar-refractivity contribution in [3.8, 4) is 22.7 Å². The van der Waals surface area contributed by atoms with E-state index in [1.54, 1.807) is 62.8 Å². The highest BCUT2D eigenvalue weighted by atomic mass is 31.2. The molecule has 1 aromatic heterocycles. The Labute approximate surface area is 212 Å². The van der Waals surface area contributed by atoms with Gasteiger partial charge in [0.2, 0.25) is 0 Å². The van der Waals surface area contributed by atoms with Crippen LogP contribution < -0.4 is 0 Å². The standard InChI is InChI=1S/C25H34N2O7P2/c1-5-31-35(29,32-6-2)24(36(30,33-7-3)34-8-4)18-20-19-26-27(21-14-10-9-11-15-21)25(20)22-16-12-13-17-23(22)28/h9-17,19,24,28H,5-8,18H2,1-4H3. The van der Waals surface area contributed by atoms with Gasteiger partial charge in [-0.2, -0.15) is 5.10 Å². The Morgan fingerprint density at radius 1 is 0.806 bits per heavy atom. The molecule has 11 heteroatoms. The van der Waals surface area contributed by atoms with E-state index in [9.17, 15) is 14.2 Å². The lowest BCUT2D eigenvalue weighted by Gasteiger charge is -2.31. The van der Waals surface area contributed by atoms with Crippen LogP contribution in [0.25, 0.3) is 16.9 Å². The Balaban J connectivity index is 2.24. The van der Waals surface area contributed by atoms with E-state index >= 15 is 0 Å². The van der Waals surface area contributed by atoms with Crippen LogP contribution in [0.2, 0.25) is 0 Å². The van der Waals surface area contributed by atoms with Crippen molar-refractivity contribution in [1.29, 1.82) is 0 Å². The molecule has 0 aliphatic heterocycles. The van der Waals surface area contributed by atoms with E-state index < -0.39 is 20.6 Å². The van der Waals surface area contributed by atoms with Crippen LogP contribution in [0.1, 0.15) is 33.3 Å². The van der Waals surface area contributed by atoms with Gasteiger partial charge in [-0.05, 0) is 52.0 Å². The minimum Gasteiger partial charge on any atom is -0.507 e. The molecule has 0 saturated heterocycles. The molecule has 0 radical (unpaired) electrons. The van der Waals surface area contributed by atoms with Gasteiger partial charge < -0.3 is 23.2 Å². The van der Waals surface area contributed by atoms with Gasteiger partial charge in [0.15, 0.2) is 5.40 Å². The molecule has 0 aliphatic carbocycles. The van der Waals surface area contributed by atoms with E-state index in [-0.39, 0.29) is 38.6 Å². The first-order valence-electron chi connectivity index (χ1n) is 12.0. The molecule has 196 valence electrons. The third kappa shape index (κ3) is 6.17. The summed E-state index contributed by atoms with van der Waals surface area (Å²) in [4.78, 5) is 0. The highest BCUT2D eigenvalue weighted by Crippen LogP contribution is 2.71. The average Bonchev–Trinajstić information content (AvgIpc) is 3.27. The number of aromatic hydroxyl groups is 1. The highest BCUT2D eigenvalue weighted by Gasteiger charge is 2.51. The van der Waals surface area contributed by atoms with Gasteiger partial charge in [-0.1, -0.05) is 30.3 Å². The zero-order chi connectivity index (χ0) is 26.2. The number of phenolic OH excluding ortho intramolecular Hbond substituents is 1. The predicted molar refractivity (Wildman–Crippen MR) is 140 cm³/mol. The van der Waals surface area contributed by atoms with E-state index in [0.717, 1.165) is 5.69 Å². The second kappa shape index (κ2) is 12.8. The fourth-order valence-electron chi connectivity index (χ4n) is 3.99. The summed E-state index contributed by atoms with van der Waals surface area (Å²) in [5, 5.41) is 14.0. The number of aromatic nitrogens is 2. The minimum absolute atomic E-state index is 0.0450. The summed E-state index contributed by atoms with van der Waals surface area (Å²) < 4.78 is 52.3. The molecular formula is C25H34N2O7P2. The second-order valence-corrected chi connectivity index (χ2v) is 12.6. The maximum atomic E-state index is 14.1. The topological polar surface area (TPSA) is 109 Å². The largest absolute Gasteiger partial charge is 0.507 e. The van der Waals surface area contributed by atoms with Crippen LogP contribution in [-0.4, -0.2) is 46.7 Å². The fourth-order valence-corrected chi connectivity index (χ4v) is 9.29. The second-order valence-electron chi connectivity index (χ2n) is 7.72. The smallest absolute Gasteiger partial charge is 0.346 e. The molecule has 3 aromatic rings. The van der Waals surface area contributed by atoms with Crippen molar-refractivity contribution in [2.24, 2.45) is 0 Å². The van der Waals surface area contributed by atoms with Crippen molar-refractivity contribution < 1.29 is 32.3 Å². The van der Waals surface area contributed by atoms with Gasteiger partial charge in [0.25, 0.3) is 0 Å². The van der Waals surface area contributed by atoms with Crippen LogP contribution in [0, 0.1) is 0 Å². The monoisotopic (exact) mass is 536 g/mol. The number of hydrogen-bond donors (Lipinski definition) is 1. The molecule has 0 fully saturated rings. The number of rotatable bonds is 14. The molecule has 1 N–H and O–H groups in total. The molecule has 0 unspecified atom stereocenters. The summed E-state index contributed by atoms with van der Waals surface area (Å²) in [7, 11) is -7.95. The SMILES string of the molecule is CCOP(=O)(OCC)C(Cc1cnn(-c2ccccc2)c1-c1ccccc1O)P(=O)(OCC)OCC. The van der Waals surface area contributed by atoms with Crippen molar-refractivity contribution in [1.82, 2.24) is 9.78 Å². The summed E-state index contributed by atoms with van der Waals surface area (Å²) in [6.45, 7) is 7.10. The number of phenols is 1. The van der Waals surface area contributed by atoms with Gasteiger partial charge in [-0.15, -0.1) is 0 Å². The van der Waals surface area contributed by atoms with E-state index in [1.807, 2.05) is 30.3 Å². The van der Waals surface area contributed by atoms with Crippen molar-refractivity contribution in [3.05, 3.63) is 66.4 Å². The van der Waals surface area contributed by atoms with E-state index in [4.69, 9.17) is 18.1 Å². The molecule has 0 bridgehead atoms. The van der Waals surface area contributed by atoms with Gasteiger partial charge in [-0.3, -0.25) is 9.13 Å². The first-order chi connectivity index (χ1) is 17.3. The molecule has 3 rings (SSSR count). The van der Waals surface area contributed by atoms with Crippen molar-refractivity contribution in [3.63, 3.8) is 0 Å². The van der Waals surface area contributed by atoms with E-state index in [1.165, 1.54) is 0 Å². The number of para-hydroxylation sites is 2. The molecule has 0 amide bonds. The highest BCUT2D eigenvalue weighted by molar-refractivity contribution is 7.72. The molecule has 0 atom stereocenters. The lowest BCUT2D eigenvalue weighted by atomic mass is 10.0. The predicted octanol–water partition coefficient (Wildman–Crippen LogP) is 6.65. The summed E-state index contributed by atoms with van der Waals surface area (Å²) in [5.74, 6) is 0.0450. The quantitative estimate of drug-likeness (QED) is 0.228. The van der Waals surface area contributed by atoms with Crippen LogP contribution >= 0.6 is 15.2 Å². The Hall–Kier alpha value is -2.25. The lowest BCUT2D eigenvalue weighted by Crippen LogP contribution is -2.20. The molecule has 0 spiro atoms. The van der Waals surface area contributed by atoms with Gasteiger partial charge in [-0.25, -0.2) is 4.68 Å². The van der Waals surface area contributed by atoms with Gasteiger partial charge in [0.05, 0.1) is 44.0 Å². The van der Waals surface area contributed by atoms with Gasteiger partial charge in [0, 0.05) is 17.5 Å². The zero-order valence-electron chi connectivity index (χ0n) is 21.1. The number of nitrogens with zero attached hydrogens (tertiary/aromatic N) is 2. The Bertz CT molecular complexity index is 1170. The average molecular weight is 537 g/mol. The molecule has 1 heterocycles. The maximum absolute atomic E-state index is 14.1. The molecule has 36 heavy (non-hydrogen) atoms.